The SMILES string of the molecule is Cc1ccc(-c2nc(NC(=O)[C@@H](C)Oc3ccc(F)cc3)no2)cc1. The van der Waals surface area contributed by atoms with Gasteiger partial charge in [-0.05, 0) is 55.4 Å². The Bertz CT molecular complexity index is 860. The number of nitrogens with zero attached hydrogens (tertiary/aromatic N) is 2. The number of aromatic nitrogens is 2. The maximum absolute atomic E-state index is 12.9. The molecule has 3 aromatic rings. The van der Waals surface area contributed by atoms with Gasteiger partial charge >= 0.3 is 0 Å². The fourth-order valence-electron chi connectivity index (χ4n) is 2.07. The molecule has 1 atom stereocenters. The Morgan fingerprint density at radius 1 is 1.16 bits per heavy atom. The van der Waals surface area contributed by atoms with E-state index in [1.165, 1.54) is 24.3 Å². The lowest BCUT2D eigenvalue weighted by molar-refractivity contribution is -0.122. The zero-order valence-corrected chi connectivity index (χ0v) is 13.7. The van der Waals surface area contributed by atoms with E-state index in [2.05, 4.69) is 15.5 Å². The van der Waals surface area contributed by atoms with Crippen LogP contribution in [-0.2, 0) is 4.79 Å². The highest BCUT2D eigenvalue weighted by Gasteiger charge is 2.18. The van der Waals surface area contributed by atoms with Crippen LogP contribution in [0.4, 0.5) is 10.3 Å². The number of amides is 1. The summed E-state index contributed by atoms with van der Waals surface area (Å²) >= 11 is 0. The Kier molecular flexibility index (Phi) is 4.74. The number of carbonyl (C=O) groups is 1. The first kappa shape index (κ1) is 16.6. The van der Waals surface area contributed by atoms with Gasteiger partial charge in [0, 0.05) is 5.56 Å². The third-order valence-corrected chi connectivity index (χ3v) is 3.46. The van der Waals surface area contributed by atoms with E-state index < -0.39 is 12.0 Å². The van der Waals surface area contributed by atoms with Gasteiger partial charge in [0.1, 0.15) is 11.6 Å². The number of anilines is 1. The zero-order valence-electron chi connectivity index (χ0n) is 13.7. The molecule has 1 heterocycles. The molecule has 0 bridgehead atoms. The minimum absolute atomic E-state index is 0.0510. The van der Waals surface area contributed by atoms with Crippen LogP contribution < -0.4 is 10.1 Å². The van der Waals surface area contributed by atoms with Crippen LogP contribution in [0.15, 0.2) is 53.1 Å². The Labute approximate surface area is 143 Å². The van der Waals surface area contributed by atoms with E-state index in [0.29, 0.717) is 11.6 Å². The van der Waals surface area contributed by atoms with E-state index in [-0.39, 0.29) is 11.8 Å². The summed E-state index contributed by atoms with van der Waals surface area (Å²) in [6.07, 6.45) is -0.813. The fraction of sp³-hybridized carbons (Fsp3) is 0.167. The number of hydrogen-bond acceptors (Lipinski definition) is 5. The molecule has 1 aromatic heterocycles. The Hall–Kier alpha value is -3.22. The highest BCUT2D eigenvalue weighted by molar-refractivity contribution is 5.92. The molecule has 7 heteroatoms. The lowest BCUT2D eigenvalue weighted by Gasteiger charge is -2.13. The molecule has 0 aliphatic rings. The molecule has 0 fully saturated rings. The van der Waals surface area contributed by atoms with Gasteiger partial charge in [-0.2, -0.15) is 4.98 Å². The molecule has 0 aliphatic heterocycles. The molecular weight excluding hydrogens is 325 g/mol. The predicted molar refractivity (Wildman–Crippen MR) is 89.6 cm³/mol. The quantitative estimate of drug-likeness (QED) is 0.767. The lowest BCUT2D eigenvalue weighted by atomic mass is 10.1. The molecular formula is C18H16FN3O3. The molecule has 2 aromatic carbocycles. The molecule has 0 spiro atoms. The monoisotopic (exact) mass is 341 g/mol. The summed E-state index contributed by atoms with van der Waals surface area (Å²) in [6, 6.07) is 13.0. The summed E-state index contributed by atoms with van der Waals surface area (Å²) in [4.78, 5) is 16.3. The molecule has 0 saturated heterocycles. The number of benzene rings is 2. The fourth-order valence-corrected chi connectivity index (χ4v) is 2.07. The first-order chi connectivity index (χ1) is 12.0. The summed E-state index contributed by atoms with van der Waals surface area (Å²) in [5.41, 5.74) is 1.87. The summed E-state index contributed by atoms with van der Waals surface area (Å²) in [6.45, 7) is 3.55. The summed E-state index contributed by atoms with van der Waals surface area (Å²) < 4.78 is 23.5. The van der Waals surface area contributed by atoms with E-state index in [9.17, 15) is 9.18 Å². The topological polar surface area (TPSA) is 77.2 Å². The summed E-state index contributed by atoms with van der Waals surface area (Å²) in [5.74, 6) is -0.0736. The normalized spacial score (nSPS) is 11.8. The number of carbonyl (C=O) groups excluding carboxylic acids is 1. The standard InChI is InChI=1S/C18H16FN3O3/c1-11-3-5-13(6-4-11)17-21-18(22-25-17)20-16(23)12(2)24-15-9-7-14(19)8-10-15/h3-10,12H,1-2H3,(H,20,22,23)/t12-/m1/s1. The Balaban J connectivity index is 1.62. The van der Waals surface area contributed by atoms with Crippen molar-refractivity contribution >= 4 is 11.9 Å². The number of rotatable bonds is 5. The van der Waals surface area contributed by atoms with Crippen molar-refractivity contribution in [3.8, 4) is 17.2 Å². The molecule has 6 nitrogen and oxygen atoms in total. The highest BCUT2D eigenvalue weighted by Crippen LogP contribution is 2.19. The van der Waals surface area contributed by atoms with Crippen molar-refractivity contribution in [2.75, 3.05) is 5.32 Å². The van der Waals surface area contributed by atoms with Crippen LogP contribution in [0, 0.1) is 12.7 Å². The Morgan fingerprint density at radius 3 is 2.52 bits per heavy atom. The second kappa shape index (κ2) is 7.12. The highest BCUT2D eigenvalue weighted by atomic mass is 19.1. The molecule has 25 heavy (non-hydrogen) atoms. The molecule has 0 radical (unpaired) electrons. The van der Waals surface area contributed by atoms with Crippen LogP contribution in [0.1, 0.15) is 12.5 Å². The number of hydrogen-bond donors (Lipinski definition) is 1. The molecule has 0 unspecified atom stereocenters. The minimum Gasteiger partial charge on any atom is -0.481 e. The van der Waals surface area contributed by atoms with Gasteiger partial charge in [0.15, 0.2) is 6.10 Å². The smallest absolute Gasteiger partial charge is 0.270 e. The number of ether oxygens (including phenoxy) is 1. The largest absolute Gasteiger partial charge is 0.481 e. The van der Waals surface area contributed by atoms with Gasteiger partial charge in [-0.25, -0.2) is 4.39 Å². The van der Waals surface area contributed by atoms with Gasteiger partial charge in [-0.15, -0.1) is 0 Å². The Morgan fingerprint density at radius 2 is 1.84 bits per heavy atom. The van der Waals surface area contributed by atoms with Crippen molar-refractivity contribution in [1.82, 2.24) is 10.1 Å². The number of halogens is 1. The molecule has 0 aliphatic carbocycles. The van der Waals surface area contributed by atoms with Gasteiger partial charge in [-0.3, -0.25) is 10.1 Å². The maximum atomic E-state index is 12.9. The van der Waals surface area contributed by atoms with Crippen LogP contribution in [0.25, 0.3) is 11.5 Å². The van der Waals surface area contributed by atoms with Crippen LogP contribution in [0.3, 0.4) is 0 Å². The average molecular weight is 341 g/mol. The van der Waals surface area contributed by atoms with E-state index in [1.54, 1.807) is 6.92 Å². The zero-order chi connectivity index (χ0) is 17.8. The van der Waals surface area contributed by atoms with Crippen molar-refractivity contribution in [2.45, 2.75) is 20.0 Å². The summed E-state index contributed by atoms with van der Waals surface area (Å²) in [5, 5.41) is 6.25. The molecule has 128 valence electrons. The molecule has 0 saturated carbocycles. The van der Waals surface area contributed by atoms with Crippen molar-refractivity contribution in [3.63, 3.8) is 0 Å². The van der Waals surface area contributed by atoms with Crippen molar-refractivity contribution in [2.24, 2.45) is 0 Å². The van der Waals surface area contributed by atoms with Crippen LogP contribution in [-0.4, -0.2) is 22.2 Å². The first-order valence-corrected chi connectivity index (χ1v) is 7.65. The summed E-state index contributed by atoms with van der Waals surface area (Å²) in [7, 11) is 0. The van der Waals surface area contributed by atoms with Gasteiger partial charge in [0.25, 0.3) is 17.7 Å². The van der Waals surface area contributed by atoms with Crippen LogP contribution in [0.2, 0.25) is 0 Å². The average Bonchev–Trinajstić information content (AvgIpc) is 3.06. The van der Waals surface area contributed by atoms with Gasteiger partial charge in [-0.1, -0.05) is 17.7 Å². The third-order valence-electron chi connectivity index (χ3n) is 3.46. The molecule has 3 rings (SSSR count). The molecule has 1 N–H and O–H groups in total. The number of nitrogens with one attached hydrogen (secondary N) is 1. The lowest BCUT2D eigenvalue weighted by Crippen LogP contribution is -2.30. The second-order valence-electron chi connectivity index (χ2n) is 5.49. The van der Waals surface area contributed by atoms with Crippen molar-refractivity contribution < 1.29 is 18.4 Å². The van der Waals surface area contributed by atoms with E-state index in [4.69, 9.17) is 9.26 Å². The number of aryl methyl sites for hydroxylation is 1. The van der Waals surface area contributed by atoms with E-state index >= 15 is 0 Å². The van der Waals surface area contributed by atoms with E-state index in [1.807, 2.05) is 31.2 Å². The van der Waals surface area contributed by atoms with Crippen LogP contribution in [0.5, 0.6) is 5.75 Å². The van der Waals surface area contributed by atoms with Gasteiger partial charge in [0.05, 0.1) is 0 Å². The minimum atomic E-state index is -0.813. The van der Waals surface area contributed by atoms with Gasteiger partial charge in [0.2, 0.25) is 0 Å². The van der Waals surface area contributed by atoms with Crippen molar-refractivity contribution in [3.05, 3.63) is 59.9 Å². The van der Waals surface area contributed by atoms with Crippen LogP contribution >= 0.6 is 0 Å². The second-order valence-corrected chi connectivity index (χ2v) is 5.49. The predicted octanol–water partition coefficient (Wildman–Crippen LogP) is 3.59. The van der Waals surface area contributed by atoms with Gasteiger partial charge < -0.3 is 9.26 Å². The maximum Gasteiger partial charge on any atom is 0.270 e. The first-order valence-electron chi connectivity index (χ1n) is 7.65. The van der Waals surface area contributed by atoms with E-state index in [0.717, 1.165) is 11.1 Å². The van der Waals surface area contributed by atoms with Crippen molar-refractivity contribution in [1.29, 1.82) is 0 Å². The molecule has 1 amide bonds. The third kappa shape index (κ3) is 4.20.